The van der Waals surface area contributed by atoms with E-state index in [0.717, 1.165) is 10.5 Å². The Labute approximate surface area is 74.0 Å². The maximum atomic E-state index is 3.27. The van der Waals surface area contributed by atoms with Crippen LogP contribution in [0.5, 0.6) is 0 Å². The van der Waals surface area contributed by atoms with Crippen LogP contribution in [0.25, 0.3) is 0 Å². The second-order valence-corrected chi connectivity index (χ2v) is 4.34. The fraction of sp³-hybridized carbons (Fsp3) is 0.778. The number of quaternary nitrogens is 1. The minimum absolute atomic E-state index is 0.756. The Morgan fingerprint density at radius 2 is 2.00 bits per heavy atom. The molecule has 0 radical (unpaired) electrons. The van der Waals surface area contributed by atoms with E-state index in [0.29, 0.717) is 0 Å². The zero-order chi connectivity index (χ0) is 8.60. The van der Waals surface area contributed by atoms with E-state index < -0.39 is 0 Å². The summed E-state index contributed by atoms with van der Waals surface area (Å²) in [7, 11) is 4.27. The molecule has 1 saturated carbocycles. The predicted octanol–water partition coefficient (Wildman–Crippen LogP) is 1.12. The van der Waals surface area contributed by atoms with Crippen molar-refractivity contribution in [1.29, 1.82) is 0 Å². The fourth-order valence-electron chi connectivity index (χ4n) is 2.07. The van der Waals surface area contributed by atoms with E-state index in [2.05, 4.69) is 31.3 Å². The maximum Gasteiger partial charge on any atom is 0.137 e. The number of nitrogens with zero attached hydrogens (tertiary/aromatic N) is 1. The highest BCUT2D eigenvalue weighted by Crippen LogP contribution is 2.31. The molecular weight excluding hydrogens is 150 g/mol. The van der Waals surface area contributed by atoms with Crippen LogP contribution in [0.1, 0.15) is 25.7 Å². The molecule has 0 aromatic carbocycles. The van der Waals surface area contributed by atoms with Gasteiger partial charge in [0.15, 0.2) is 0 Å². The van der Waals surface area contributed by atoms with E-state index in [1.54, 1.807) is 0 Å². The highest BCUT2D eigenvalue weighted by molar-refractivity contribution is 5.03. The lowest BCUT2D eigenvalue weighted by atomic mass is 10.1. The minimum Gasteiger partial charge on any atom is -0.276 e. The third-order valence-corrected chi connectivity index (χ3v) is 2.75. The Kier molecular flexibility index (Phi) is 1.85. The van der Waals surface area contributed by atoms with Crippen molar-refractivity contribution in [1.82, 2.24) is 11.0 Å². The summed E-state index contributed by atoms with van der Waals surface area (Å²) in [5.41, 5.74) is 7.89. The Hall–Kier alpha value is -0.540. The van der Waals surface area contributed by atoms with Gasteiger partial charge in [-0.25, -0.2) is 4.59 Å². The number of nitrogens with one attached hydrogen (secondary N) is 2. The number of hydrogen-bond donors (Lipinski definition) is 2. The van der Waals surface area contributed by atoms with Gasteiger partial charge in [-0.15, -0.1) is 0 Å². The normalized spacial score (nSPS) is 28.7. The van der Waals surface area contributed by atoms with Gasteiger partial charge in [0.2, 0.25) is 0 Å². The van der Waals surface area contributed by atoms with Crippen molar-refractivity contribution < 1.29 is 4.59 Å². The van der Waals surface area contributed by atoms with Gasteiger partial charge in [0, 0.05) is 5.92 Å². The summed E-state index contributed by atoms with van der Waals surface area (Å²) in [6.45, 7) is 0. The molecule has 0 unspecified atom stereocenters. The molecule has 3 nitrogen and oxygen atoms in total. The molecule has 12 heavy (non-hydrogen) atoms. The van der Waals surface area contributed by atoms with Gasteiger partial charge in [0.1, 0.15) is 6.20 Å². The van der Waals surface area contributed by atoms with Crippen LogP contribution >= 0.6 is 0 Å². The second kappa shape index (κ2) is 2.75. The van der Waals surface area contributed by atoms with Crippen molar-refractivity contribution in [3.8, 4) is 0 Å². The van der Waals surface area contributed by atoms with Gasteiger partial charge in [-0.2, -0.15) is 0 Å². The largest absolute Gasteiger partial charge is 0.276 e. The molecular formula is C9H18N3+. The van der Waals surface area contributed by atoms with E-state index in [4.69, 9.17) is 0 Å². The summed E-state index contributed by atoms with van der Waals surface area (Å²) in [4.78, 5) is 0. The standard InChI is InChI=1S/C9H18N3/c1-12(2)7-9(10-11-12)8-5-3-4-6-8/h7-8,10-11H,3-6H2,1-2H3/q+1. The summed E-state index contributed by atoms with van der Waals surface area (Å²) < 4.78 is 0.756. The lowest BCUT2D eigenvalue weighted by Crippen LogP contribution is -2.47. The monoisotopic (exact) mass is 168 g/mol. The maximum absolute atomic E-state index is 3.27. The molecule has 1 fully saturated rings. The third kappa shape index (κ3) is 1.47. The van der Waals surface area contributed by atoms with E-state index in [-0.39, 0.29) is 0 Å². The van der Waals surface area contributed by atoms with Gasteiger partial charge in [0.05, 0.1) is 19.8 Å². The molecule has 0 aromatic heterocycles. The van der Waals surface area contributed by atoms with Crippen molar-refractivity contribution in [2.24, 2.45) is 5.92 Å². The quantitative estimate of drug-likeness (QED) is 0.573. The molecule has 0 amide bonds. The molecule has 3 heteroatoms. The van der Waals surface area contributed by atoms with Crippen LogP contribution in [-0.2, 0) is 0 Å². The summed E-state index contributed by atoms with van der Waals surface area (Å²) in [6.07, 6.45) is 7.80. The van der Waals surface area contributed by atoms with Crippen molar-refractivity contribution in [3.05, 3.63) is 11.9 Å². The molecule has 0 atom stereocenters. The lowest BCUT2D eigenvalue weighted by molar-refractivity contribution is -0.883. The van der Waals surface area contributed by atoms with Gasteiger partial charge in [-0.3, -0.25) is 5.43 Å². The topological polar surface area (TPSA) is 24.1 Å². The van der Waals surface area contributed by atoms with Crippen LogP contribution in [0, 0.1) is 5.92 Å². The Morgan fingerprint density at radius 3 is 2.50 bits per heavy atom. The molecule has 0 aromatic rings. The Morgan fingerprint density at radius 1 is 1.33 bits per heavy atom. The number of rotatable bonds is 1. The van der Waals surface area contributed by atoms with Crippen LogP contribution < -0.4 is 11.0 Å². The summed E-state index contributed by atoms with van der Waals surface area (Å²) >= 11 is 0. The van der Waals surface area contributed by atoms with Gasteiger partial charge in [0.25, 0.3) is 0 Å². The van der Waals surface area contributed by atoms with Crippen molar-refractivity contribution in [2.75, 3.05) is 14.1 Å². The van der Waals surface area contributed by atoms with E-state index in [9.17, 15) is 0 Å². The van der Waals surface area contributed by atoms with E-state index in [1.807, 2.05) is 0 Å². The molecule has 0 bridgehead atoms. The average Bonchev–Trinajstić information content (AvgIpc) is 2.55. The first-order chi connectivity index (χ1) is 5.67. The van der Waals surface area contributed by atoms with Crippen LogP contribution in [0.2, 0.25) is 0 Å². The van der Waals surface area contributed by atoms with Crippen molar-refractivity contribution in [3.63, 3.8) is 0 Å². The summed E-state index contributed by atoms with van der Waals surface area (Å²) in [6, 6.07) is 0. The zero-order valence-electron chi connectivity index (χ0n) is 7.93. The SMILES string of the molecule is C[N+]1(C)C=C(C2CCCC2)NN1. The number of hydrazine groups is 1. The molecule has 0 saturated heterocycles. The molecule has 1 aliphatic carbocycles. The van der Waals surface area contributed by atoms with Gasteiger partial charge >= 0.3 is 0 Å². The molecule has 2 aliphatic rings. The Balaban J connectivity index is 2.05. The number of allylic oxidation sites excluding steroid dienone is 1. The first-order valence-corrected chi connectivity index (χ1v) is 4.77. The van der Waals surface area contributed by atoms with Crippen molar-refractivity contribution in [2.45, 2.75) is 25.7 Å². The molecule has 2 rings (SSSR count). The summed E-state index contributed by atoms with van der Waals surface area (Å²) in [5, 5.41) is 0. The van der Waals surface area contributed by atoms with E-state index >= 15 is 0 Å². The van der Waals surface area contributed by atoms with Gasteiger partial charge in [-0.05, 0) is 12.8 Å². The van der Waals surface area contributed by atoms with Crippen LogP contribution in [0.4, 0.5) is 0 Å². The van der Waals surface area contributed by atoms with Crippen LogP contribution in [0.3, 0.4) is 0 Å². The smallest absolute Gasteiger partial charge is 0.137 e. The molecule has 0 spiro atoms. The Bertz CT molecular complexity index is 202. The summed E-state index contributed by atoms with van der Waals surface area (Å²) in [5.74, 6) is 0.789. The molecule has 1 aliphatic heterocycles. The van der Waals surface area contributed by atoms with Gasteiger partial charge in [-0.1, -0.05) is 18.4 Å². The lowest BCUT2D eigenvalue weighted by Gasteiger charge is -2.17. The van der Waals surface area contributed by atoms with Crippen molar-refractivity contribution >= 4 is 0 Å². The molecule has 1 heterocycles. The average molecular weight is 168 g/mol. The van der Waals surface area contributed by atoms with Crippen LogP contribution in [0.15, 0.2) is 11.9 Å². The molecule has 2 N–H and O–H groups in total. The number of hydrogen-bond acceptors (Lipinski definition) is 2. The highest BCUT2D eigenvalue weighted by Gasteiger charge is 2.28. The fourth-order valence-corrected chi connectivity index (χ4v) is 2.07. The second-order valence-electron chi connectivity index (χ2n) is 4.34. The third-order valence-electron chi connectivity index (χ3n) is 2.75. The first-order valence-electron chi connectivity index (χ1n) is 4.77. The highest BCUT2D eigenvalue weighted by atomic mass is 15.8. The molecule has 68 valence electrons. The predicted molar refractivity (Wildman–Crippen MR) is 48.4 cm³/mol. The minimum atomic E-state index is 0.756. The van der Waals surface area contributed by atoms with Gasteiger partial charge < -0.3 is 0 Å². The van der Waals surface area contributed by atoms with E-state index in [1.165, 1.54) is 31.4 Å². The van der Waals surface area contributed by atoms with Crippen LogP contribution in [-0.4, -0.2) is 18.7 Å². The first kappa shape index (κ1) is 8.08. The zero-order valence-corrected chi connectivity index (χ0v) is 7.93.